The molecule has 0 radical (unpaired) electrons. The van der Waals surface area contributed by atoms with Crippen molar-refractivity contribution in [1.29, 1.82) is 0 Å². The summed E-state index contributed by atoms with van der Waals surface area (Å²) in [6.45, 7) is 13.7. The molecular formula is C54H104O6. The molecule has 0 aliphatic heterocycles. The zero-order chi connectivity index (χ0) is 44.2. The number of carbonyl (C=O) groups is 3. The molecule has 0 aromatic carbocycles. The molecule has 0 N–H and O–H groups in total. The number of esters is 3. The Morgan fingerprint density at radius 1 is 0.283 bits per heavy atom. The molecule has 60 heavy (non-hydrogen) atoms. The first-order valence-electron chi connectivity index (χ1n) is 26.6. The van der Waals surface area contributed by atoms with E-state index in [0.29, 0.717) is 19.3 Å². The molecule has 356 valence electrons. The lowest BCUT2D eigenvalue weighted by Crippen LogP contribution is -2.30. The van der Waals surface area contributed by atoms with Gasteiger partial charge in [-0.2, -0.15) is 0 Å². The van der Waals surface area contributed by atoms with Crippen molar-refractivity contribution in [2.75, 3.05) is 13.2 Å². The summed E-state index contributed by atoms with van der Waals surface area (Å²) in [6.07, 6.45) is 45.2. The predicted octanol–water partition coefficient (Wildman–Crippen LogP) is 17.2. The summed E-state index contributed by atoms with van der Waals surface area (Å²) in [5, 5.41) is 0. The van der Waals surface area contributed by atoms with Crippen LogP contribution in [0.25, 0.3) is 0 Å². The Morgan fingerprint density at radius 2 is 0.483 bits per heavy atom. The predicted molar refractivity (Wildman–Crippen MR) is 256 cm³/mol. The lowest BCUT2D eigenvalue weighted by molar-refractivity contribution is -0.167. The van der Waals surface area contributed by atoms with Crippen molar-refractivity contribution in [1.82, 2.24) is 0 Å². The molecular weight excluding hydrogens is 745 g/mol. The first kappa shape index (κ1) is 58.4. The van der Waals surface area contributed by atoms with E-state index < -0.39 is 6.10 Å². The second kappa shape index (κ2) is 45.4. The summed E-state index contributed by atoms with van der Waals surface area (Å²) in [4.78, 5) is 38.0. The molecule has 0 rings (SSSR count). The van der Waals surface area contributed by atoms with Crippen LogP contribution < -0.4 is 0 Å². The van der Waals surface area contributed by atoms with Crippen molar-refractivity contribution in [3.8, 4) is 0 Å². The van der Waals surface area contributed by atoms with Crippen molar-refractivity contribution in [2.45, 2.75) is 298 Å². The van der Waals surface area contributed by atoms with Crippen molar-refractivity contribution in [3.05, 3.63) is 0 Å². The van der Waals surface area contributed by atoms with Crippen LogP contribution in [0.15, 0.2) is 0 Å². The molecule has 0 unspecified atom stereocenters. The van der Waals surface area contributed by atoms with E-state index in [1.807, 2.05) is 0 Å². The third-order valence-corrected chi connectivity index (χ3v) is 12.1. The first-order valence-corrected chi connectivity index (χ1v) is 26.6. The van der Waals surface area contributed by atoms with Crippen molar-refractivity contribution in [2.24, 2.45) is 17.8 Å². The number of ether oxygens (including phenoxy) is 3. The highest BCUT2D eigenvalue weighted by atomic mass is 16.6. The Bertz CT molecular complexity index is 929. The fraction of sp³-hybridized carbons (Fsp3) is 0.944. The van der Waals surface area contributed by atoms with E-state index in [1.54, 1.807) is 0 Å². The largest absolute Gasteiger partial charge is 0.462 e. The molecule has 0 saturated heterocycles. The molecule has 0 bridgehead atoms. The zero-order valence-corrected chi connectivity index (χ0v) is 41.3. The van der Waals surface area contributed by atoms with Crippen molar-refractivity contribution >= 4 is 17.9 Å². The minimum atomic E-state index is -0.763. The molecule has 0 aliphatic rings. The average Bonchev–Trinajstić information content (AvgIpc) is 3.20. The number of carbonyl (C=O) groups excluding carboxylic acids is 3. The quantitative estimate of drug-likeness (QED) is 0.0345. The highest BCUT2D eigenvalue weighted by Crippen LogP contribution is 2.18. The van der Waals surface area contributed by atoms with E-state index in [1.165, 1.54) is 173 Å². The minimum absolute atomic E-state index is 0.0646. The molecule has 0 fully saturated rings. The van der Waals surface area contributed by atoms with E-state index in [2.05, 4.69) is 41.5 Å². The Labute approximate surface area is 374 Å². The Balaban J connectivity index is 4.29. The van der Waals surface area contributed by atoms with Gasteiger partial charge in [0.25, 0.3) is 0 Å². The average molecular weight is 849 g/mol. The highest BCUT2D eigenvalue weighted by molar-refractivity contribution is 5.71. The van der Waals surface area contributed by atoms with Gasteiger partial charge in [-0.25, -0.2) is 0 Å². The number of unbranched alkanes of at least 4 members (excludes halogenated alkanes) is 30. The molecule has 6 nitrogen and oxygen atoms in total. The van der Waals surface area contributed by atoms with E-state index in [9.17, 15) is 14.4 Å². The van der Waals surface area contributed by atoms with E-state index >= 15 is 0 Å². The zero-order valence-electron chi connectivity index (χ0n) is 41.3. The Kier molecular flexibility index (Phi) is 44.2. The van der Waals surface area contributed by atoms with Crippen LogP contribution in [0, 0.1) is 17.8 Å². The highest BCUT2D eigenvalue weighted by Gasteiger charge is 2.19. The lowest BCUT2D eigenvalue weighted by atomic mass is 10.0. The van der Waals surface area contributed by atoms with Gasteiger partial charge in [0.15, 0.2) is 6.10 Å². The van der Waals surface area contributed by atoms with E-state index in [-0.39, 0.29) is 31.1 Å². The van der Waals surface area contributed by atoms with Crippen LogP contribution in [0.2, 0.25) is 0 Å². The summed E-state index contributed by atoms with van der Waals surface area (Å²) in [5.74, 6) is 1.62. The number of hydrogen-bond acceptors (Lipinski definition) is 6. The molecule has 1 atom stereocenters. The molecule has 0 aliphatic carbocycles. The summed E-state index contributed by atoms with van der Waals surface area (Å²) >= 11 is 0. The van der Waals surface area contributed by atoms with Gasteiger partial charge in [-0.05, 0) is 37.0 Å². The fourth-order valence-corrected chi connectivity index (χ4v) is 8.12. The first-order chi connectivity index (χ1) is 29.1. The Morgan fingerprint density at radius 3 is 0.717 bits per heavy atom. The molecule has 0 amide bonds. The molecule has 0 spiro atoms. The van der Waals surface area contributed by atoms with Crippen LogP contribution in [0.3, 0.4) is 0 Å². The second-order valence-corrected chi connectivity index (χ2v) is 19.9. The molecule has 0 saturated carbocycles. The van der Waals surface area contributed by atoms with E-state index in [0.717, 1.165) is 75.5 Å². The van der Waals surface area contributed by atoms with Crippen molar-refractivity contribution in [3.63, 3.8) is 0 Å². The van der Waals surface area contributed by atoms with Gasteiger partial charge >= 0.3 is 17.9 Å². The fourth-order valence-electron chi connectivity index (χ4n) is 8.12. The maximum atomic E-state index is 12.8. The number of rotatable bonds is 47. The van der Waals surface area contributed by atoms with E-state index in [4.69, 9.17) is 14.2 Å². The van der Waals surface area contributed by atoms with Crippen molar-refractivity contribution < 1.29 is 28.6 Å². The van der Waals surface area contributed by atoms with Gasteiger partial charge in [0, 0.05) is 19.3 Å². The van der Waals surface area contributed by atoms with Gasteiger partial charge < -0.3 is 14.2 Å². The summed E-state index contributed by atoms with van der Waals surface area (Å²) < 4.78 is 16.8. The SMILES string of the molecule is CC(C)CCCCCCCCCCCCCCCCC(=O)OC[C@@H](COC(=O)CCCCCCCCCCCCC(C)C)OC(=O)CCCCCCCCCCCC(C)C. The van der Waals surface area contributed by atoms with Gasteiger partial charge in [-0.3, -0.25) is 14.4 Å². The topological polar surface area (TPSA) is 78.9 Å². The van der Waals surface area contributed by atoms with Gasteiger partial charge in [-0.1, -0.05) is 253 Å². The van der Waals surface area contributed by atoms with Crippen LogP contribution in [-0.4, -0.2) is 37.2 Å². The van der Waals surface area contributed by atoms with Gasteiger partial charge in [0.1, 0.15) is 13.2 Å². The van der Waals surface area contributed by atoms with Gasteiger partial charge in [-0.15, -0.1) is 0 Å². The maximum absolute atomic E-state index is 12.8. The molecule has 0 aromatic heterocycles. The summed E-state index contributed by atoms with van der Waals surface area (Å²) in [5.41, 5.74) is 0. The van der Waals surface area contributed by atoms with Crippen LogP contribution in [0.1, 0.15) is 292 Å². The minimum Gasteiger partial charge on any atom is -0.462 e. The third-order valence-electron chi connectivity index (χ3n) is 12.1. The van der Waals surface area contributed by atoms with Crippen LogP contribution in [0.4, 0.5) is 0 Å². The molecule has 6 heteroatoms. The molecule has 0 heterocycles. The van der Waals surface area contributed by atoms with Crippen LogP contribution in [-0.2, 0) is 28.6 Å². The maximum Gasteiger partial charge on any atom is 0.306 e. The van der Waals surface area contributed by atoms with Gasteiger partial charge in [0.05, 0.1) is 0 Å². The smallest absolute Gasteiger partial charge is 0.306 e. The normalized spacial score (nSPS) is 12.2. The summed E-state index contributed by atoms with van der Waals surface area (Å²) in [7, 11) is 0. The lowest BCUT2D eigenvalue weighted by Gasteiger charge is -2.18. The summed E-state index contributed by atoms with van der Waals surface area (Å²) in [6, 6.07) is 0. The van der Waals surface area contributed by atoms with Gasteiger partial charge in [0.2, 0.25) is 0 Å². The number of hydrogen-bond donors (Lipinski definition) is 0. The monoisotopic (exact) mass is 849 g/mol. The molecule has 0 aromatic rings. The standard InChI is InChI=1S/C54H104O6/c1-48(2)40-34-28-22-16-11-9-7-8-10-12-19-25-31-37-43-52(55)58-46-51(60-54(57)45-39-33-27-21-15-18-24-30-36-42-50(5)6)47-59-53(56)44-38-32-26-20-14-13-17-23-29-35-41-49(3)4/h48-51H,7-47H2,1-6H3/t51-/m0/s1. The second-order valence-electron chi connectivity index (χ2n) is 19.9. The Hall–Kier alpha value is -1.59. The third kappa shape index (κ3) is 47.5. The van der Waals surface area contributed by atoms with Crippen LogP contribution >= 0.6 is 0 Å². The van der Waals surface area contributed by atoms with Crippen LogP contribution in [0.5, 0.6) is 0 Å².